The van der Waals surface area contributed by atoms with Gasteiger partial charge in [-0.15, -0.1) is 0 Å². The van der Waals surface area contributed by atoms with Crippen LogP contribution in [0.4, 0.5) is 19.6 Å². The van der Waals surface area contributed by atoms with Gasteiger partial charge in [0, 0.05) is 6.42 Å². The van der Waals surface area contributed by atoms with Crippen molar-refractivity contribution in [2.24, 2.45) is 5.92 Å². The van der Waals surface area contributed by atoms with Crippen molar-refractivity contribution < 1.29 is 27.8 Å². The molecule has 1 saturated heterocycles. The lowest BCUT2D eigenvalue weighted by molar-refractivity contribution is -0.148. The molecular weight excluding hydrogens is 548 g/mol. The first kappa shape index (κ1) is 27.7. The maximum Gasteiger partial charge on any atom is 0.308 e. The Morgan fingerprint density at radius 1 is 1.18 bits per heavy atom. The van der Waals surface area contributed by atoms with Gasteiger partial charge < -0.3 is 19.7 Å². The van der Waals surface area contributed by atoms with E-state index in [0.29, 0.717) is 39.8 Å². The zero-order chi connectivity index (χ0) is 27.5. The summed E-state index contributed by atoms with van der Waals surface area (Å²) < 4.78 is 39.4. The number of amides is 1. The number of benzene rings is 2. The molecule has 11 heteroatoms. The molecule has 2 fully saturated rings. The van der Waals surface area contributed by atoms with Gasteiger partial charge in [0.1, 0.15) is 12.0 Å². The van der Waals surface area contributed by atoms with Gasteiger partial charge in [-0.05, 0) is 61.6 Å². The molecule has 1 aliphatic heterocycles. The smallest absolute Gasteiger partial charge is 0.308 e. The molecule has 2 aromatic carbocycles. The molecule has 0 unspecified atom stereocenters. The molecule has 1 saturated carbocycles. The molecule has 0 spiro atoms. The first-order chi connectivity index (χ1) is 18.8. The Hall–Kier alpha value is -2.82. The molecule has 1 N–H and O–H groups in total. The molecule has 5 rings (SSSR count). The lowest BCUT2D eigenvalue weighted by Crippen LogP contribution is -2.40. The van der Waals surface area contributed by atoms with E-state index in [9.17, 15) is 18.4 Å². The second-order valence-electron chi connectivity index (χ2n) is 10.1. The summed E-state index contributed by atoms with van der Waals surface area (Å²) in [6.07, 6.45) is 2.15. The number of rotatable bonds is 8. The van der Waals surface area contributed by atoms with Crippen LogP contribution in [0.3, 0.4) is 0 Å². The van der Waals surface area contributed by atoms with Crippen molar-refractivity contribution in [2.75, 3.05) is 25.6 Å². The van der Waals surface area contributed by atoms with Crippen LogP contribution < -0.4 is 5.32 Å². The maximum atomic E-state index is 14.3. The number of ether oxygens (including phenoxy) is 2. The van der Waals surface area contributed by atoms with Gasteiger partial charge in [0.25, 0.3) is 0 Å². The van der Waals surface area contributed by atoms with Crippen LogP contribution in [0.5, 0.6) is 0 Å². The minimum atomic E-state index is -1.09. The van der Waals surface area contributed by atoms with E-state index in [1.54, 1.807) is 29.2 Å². The van der Waals surface area contributed by atoms with E-state index in [2.05, 4.69) is 10.3 Å². The third-order valence-corrected chi connectivity index (χ3v) is 8.64. The van der Waals surface area contributed by atoms with Crippen LogP contribution in [0.15, 0.2) is 36.4 Å². The number of methoxy groups -OCH3 is 1. The predicted molar refractivity (Wildman–Crippen MR) is 147 cm³/mol. The summed E-state index contributed by atoms with van der Waals surface area (Å²) in [6.45, 7) is 0.322. The summed E-state index contributed by atoms with van der Waals surface area (Å²) in [5.74, 6) is -0.769. The average molecular weight is 578 g/mol. The van der Waals surface area contributed by atoms with E-state index < -0.39 is 6.17 Å². The van der Waals surface area contributed by atoms with Crippen molar-refractivity contribution in [3.63, 3.8) is 0 Å². The van der Waals surface area contributed by atoms with Crippen molar-refractivity contribution in [3.8, 4) is 0 Å². The highest BCUT2D eigenvalue weighted by atomic mass is 35.5. The molecule has 0 radical (unpaired) electrons. The van der Waals surface area contributed by atoms with Gasteiger partial charge in [-0.2, -0.15) is 0 Å². The maximum absolute atomic E-state index is 14.3. The molecule has 7 nitrogen and oxygen atoms in total. The summed E-state index contributed by atoms with van der Waals surface area (Å²) in [7, 11) is 1.40. The van der Waals surface area contributed by atoms with Crippen molar-refractivity contribution in [1.82, 2.24) is 9.88 Å². The highest BCUT2D eigenvalue weighted by Gasteiger charge is 2.36. The number of carbonyl (C=O) groups is 2. The monoisotopic (exact) mass is 577 g/mol. The van der Waals surface area contributed by atoms with Crippen LogP contribution in [-0.4, -0.2) is 60.3 Å². The molecule has 39 heavy (non-hydrogen) atoms. The molecule has 2 heterocycles. The number of thiazole rings is 1. The van der Waals surface area contributed by atoms with Crippen LogP contribution in [0.2, 0.25) is 5.02 Å². The van der Waals surface area contributed by atoms with Gasteiger partial charge >= 0.3 is 5.97 Å². The van der Waals surface area contributed by atoms with Crippen LogP contribution in [0.1, 0.15) is 37.7 Å². The normalized spacial score (nSPS) is 23.2. The second-order valence-corrected chi connectivity index (χ2v) is 11.5. The van der Waals surface area contributed by atoms with Crippen molar-refractivity contribution in [3.05, 3.63) is 52.8 Å². The molecule has 1 aliphatic carbocycles. The number of nitrogens with zero attached hydrogens (tertiary/aromatic N) is 2. The predicted octanol–water partition coefficient (Wildman–Crippen LogP) is 6.06. The van der Waals surface area contributed by atoms with Crippen LogP contribution in [0, 0.1) is 11.7 Å². The minimum Gasteiger partial charge on any atom is -0.469 e. The molecule has 208 valence electrons. The number of hydrogen-bond donors (Lipinski definition) is 1. The Morgan fingerprint density at radius 2 is 1.97 bits per heavy atom. The van der Waals surface area contributed by atoms with Crippen LogP contribution >= 0.6 is 22.9 Å². The lowest BCUT2D eigenvalue weighted by Gasteiger charge is -2.30. The fourth-order valence-electron chi connectivity index (χ4n) is 5.32. The van der Waals surface area contributed by atoms with Gasteiger partial charge in [0.05, 0.1) is 65.7 Å². The Bertz CT molecular complexity index is 1350. The molecule has 3 aromatic rings. The zero-order valence-corrected chi connectivity index (χ0v) is 23.1. The third-order valence-electron chi connectivity index (χ3n) is 7.40. The largest absolute Gasteiger partial charge is 0.469 e. The van der Waals surface area contributed by atoms with Gasteiger partial charge in [-0.3, -0.25) is 9.59 Å². The van der Waals surface area contributed by atoms with Crippen molar-refractivity contribution in [1.29, 1.82) is 0 Å². The first-order valence-corrected chi connectivity index (χ1v) is 14.2. The van der Waals surface area contributed by atoms with Crippen molar-refractivity contribution in [2.45, 2.75) is 56.8 Å². The van der Waals surface area contributed by atoms with Crippen molar-refractivity contribution >= 4 is 55.8 Å². The summed E-state index contributed by atoms with van der Waals surface area (Å²) in [5.41, 5.74) is 2.02. The van der Waals surface area contributed by atoms with Gasteiger partial charge in [0.15, 0.2) is 5.13 Å². The first-order valence-electron chi connectivity index (χ1n) is 13.0. The summed E-state index contributed by atoms with van der Waals surface area (Å²) in [6, 6.07) is 9.37. The minimum absolute atomic E-state index is 0.00480. The SMILES string of the molecule is COC(=O)C1CCC(OC[C@@H]2C[C@H](F)CN2C(=O)Cc2ccc(Nc3nc4ccc(F)cc4s3)c(Cl)c2)CC1. The Kier molecular flexibility index (Phi) is 8.64. The standard InChI is InChI=1S/C28H30ClF2N3O4S/c1-37-27(36)17-3-6-21(7-4-17)38-15-20-12-19(31)14-34(20)26(35)11-16-2-8-23(22(29)10-16)32-28-33-24-9-5-18(30)13-25(24)39-28/h2,5,8-10,13,17,19-21H,3-4,6-7,11-12,14-15H2,1H3,(H,32,33)/t17?,19-,20-,21?/m0/s1. The van der Waals surface area contributed by atoms with E-state index in [0.717, 1.165) is 17.5 Å². The number of esters is 1. The number of anilines is 2. The zero-order valence-electron chi connectivity index (χ0n) is 21.5. The molecule has 2 atom stereocenters. The number of hydrogen-bond acceptors (Lipinski definition) is 7. The number of halogens is 3. The Labute approximate surface area is 234 Å². The summed E-state index contributed by atoms with van der Waals surface area (Å²) in [5, 5.41) is 4.15. The van der Waals surface area contributed by atoms with Gasteiger partial charge in [0.2, 0.25) is 5.91 Å². The molecule has 1 aromatic heterocycles. The topological polar surface area (TPSA) is 80.8 Å². The molecule has 2 aliphatic rings. The van der Waals surface area contributed by atoms with Gasteiger partial charge in [-0.25, -0.2) is 13.8 Å². The van der Waals surface area contributed by atoms with Crippen LogP contribution in [-0.2, 0) is 25.5 Å². The number of alkyl halides is 1. The highest BCUT2D eigenvalue weighted by molar-refractivity contribution is 7.22. The lowest BCUT2D eigenvalue weighted by atomic mass is 9.87. The van der Waals surface area contributed by atoms with E-state index in [1.165, 1.54) is 30.6 Å². The Morgan fingerprint density at radius 3 is 2.72 bits per heavy atom. The number of likely N-dealkylation sites (tertiary alicyclic amines) is 1. The number of fused-ring (bicyclic) bond motifs is 1. The van der Waals surface area contributed by atoms with E-state index in [4.69, 9.17) is 21.1 Å². The van der Waals surface area contributed by atoms with E-state index in [-0.39, 0.29) is 61.8 Å². The fraction of sp³-hybridized carbons (Fsp3) is 0.464. The average Bonchev–Trinajstić information content (AvgIpc) is 3.50. The molecular formula is C28H30ClF2N3O4S. The molecule has 0 bridgehead atoms. The van der Waals surface area contributed by atoms with Crippen LogP contribution in [0.25, 0.3) is 10.2 Å². The third kappa shape index (κ3) is 6.67. The fourth-order valence-corrected chi connectivity index (χ4v) is 6.47. The van der Waals surface area contributed by atoms with Gasteiger partial charge in [-0.1, -0.05) is 29.0 Å². The van der Waals surface area contributed by atoms with E-state index in [1.807, 2.05) is 0 Å². The number of carbonyl (C=O) groups excluding carboxylic acids is 2. The second kappa shape index (κ2) is 12.1. The summed E-state index contributed by atoms with van der Waals surface area (Å²) in [4.78, 5) is 30.9. The summed E-state index contributed by atoms with van der Waals surface area (Å²) >= 11 is 7.81. The highest BCUT2D eigenvalue weighted by Crippen LogP contribution is 2.33. The Balaban J connectivity index is 1.16. The number of aromatic nitrogens is 1. The van der Waals surface area contributed by atoms with E-state index >= 15 is 0 Å². The number of nitrogens with one attached hydrogen (secondary N) is 1. The molecule has 1 amide bonds. The quantitative estimate of drug-likeness (QED) is 0.328.